The number of fused-ring (bicyclic) bond motifs is 2. The molecule has 0 aliphatic carbocycles. The van der Waals surface area contributed by atoms with E-state index in [0.717, 1.165) is 128 Å². The summed E-state index contributed by atoms with van der Waals surface area (Å²) in [5.41, 5.74) is 4.15. The van der Waals surface area contributed by atoms with Gasteiger partial charge in [-0.1, -0.05) is 0 Å². The van der Waals surface area contributed by atoms with Crippen molar-refractivity contribution in [3.05, 3.63) is 82.7 Å². The fourth-order valence-electron chi connectivity index (χ4n) is 10.8. The highest BCUT2D eigenvalue weighted by atomic mass is 19.1. The number of nitrogens with zero attached hydrogens (tertiary/aromatic N) is 10. The molecular formula is C52H64F2N10O6. The van der Waals surface area contributed by atoms with E-state index in [0.29, 0.717) is 67.9 Å². The predicted octanol–water partition coefficient (Wildman–Crippen LogP) is 8.15. The van der Waals surface area contributed by atoms with Crippen LogP contribution in [0.4, 0.5) is 20.4 Å². The van der Waals surface area contributed by atoms with Gasteiger partial charge in [0.2, 0.25) is 0 Å². The zero-order valence-electron chi connectivity index (χ0n) is 40.7. The number of hydrogen-bond donors (Lipinski definition) is 0. The van der Waals surface area contributed by atoms with Gasteiger partial charge in [0.25, 0.3) is 0 Å². The molecule has 0 spiro atoms. The summed E-state index contributed by atoms with van der Waals surface area (Å²) < 4.78 is 68.5. The third kappa shape index (κ3) is 9.87. The lowest BCUT2D eigenvalue weighted by Crippen LogP contribution is -2.54. The molecule has 4 atom stereocenters. The highest BCUT2D eigenvalue weighted by molar-refractivity contribution is 5.83. The van der Waals surface area contributed by atoms with Crippen LogP contribution in [0, 0.1) is 27.7 Å². The molecule has 6 aromatic rings. The van der Waals surface area contributed by atoms with Crippen LogP contribution in [-0.2, 0) is 34.1 Å². The average molecular weight is 963 g/mol. The maximum absolute atomic E-state index is 15.9. The highest BCUT2D eigenvalue weighted by Gasteiger charge is 2.37. The number of aromatic nitrogens is 8. The van der Waals surface area contributed by atoms with Crippen molar-refractivity contribution in [3.63, 3.8) is 0 Å². The number of ether oxygens (including phenoxy) is 6. The van der Waals surface area contributed by atoms with E-state index < -0.39 is 11.8 Å². The lowest BCUT2D eigenvalue weighted by molar-refractivity contribution is -0.192. The summed E-state index contributed by atoms with van der Waals surface area (Å²) >= 11 is 0. The summed E-state index contributed by atoms with van der Waals surface area (Å²) in [6, 6.07) is 12.1. The van der Waals surface area contributed by atoms with Crippen LogP contribution < -0.4 is 9.80 Å². The molecular weight excluding hydrogens is 899 g/mol. The first kappa shape index (κ1) is 47.1. The van der Waals surface area contributed by atoms with Crippen molar-refractivity contribution in [2.75, 3.05) is 75.6 Å². The van der Waals surface area contributed by atoms with Gasteiger partial charge in [-0.2, -0.15) is 10.2 Å². The van der Waals surface area contributed by atoms with E-state index in [4.69, 9.17) is 28.4 Å². The predicted molar refractivity (Wildman–Crippen MR) is 260 cm³/mol. The fraction of sp³-hybridized carbons (Fsp3) is 0.577. The number of halogens is 2. The van der Waals surface area contributed by atoms with Crippen LogP contribution in [0.15, 0.2) is 48.8 Å². The van der Waals surface area contributed by atoms with Crippen molar-refractivity contribution in [2.24, 2.45) is 0 Å². The second-order valence-corrected chi connectivity index (χ2v) is 19.9. The molecule has 6 saturated heterocycles. The van der Waals surface area contributed by atoms with Gasteiger partial charge in [0.05, 0.1) is 42.2 Å². The van der Waals surface area contributed by atoms with Crippen LogP contribution in [0.3, 0.4) is 0 Å². The lowest BCUT2D eigenvalue weighted by atomic mass is 9.85. The Morgan fingerprint density at radius 1 is 0.586 bits per heavy atom. The highest BCUT2D eigenvalue weighted by Crippen LogP contribution is 2.40. The molecule has 0 saturated carbocycles. The van der Waals surface area contributed by atoms with Crippen molar-refractivity contribution in [1.29, 1.82) is 0 Å². The first-order valence-corrected chi connectivity index (χ1v) is 25.3. The fourth-order valence-corrected chi connectivity index (χ4v) is 10.8. The smallest absolute Gasteiger partial charge is 0.159 e. The molecule has 70 heavy (non-hydrogen) atoms. The Labute approximate surface area is 407 Å². The standard InChI is InChI=1S/2C26H32FN5O3/c1-17-11-19-14-28-32(22(19)12-21(17)26(27)6-9-33-10-7-26)24-13-23(29-18(2)30-24)31-15-20(16-31)35-25-5-3-4-8-34-25;1-16-9-18-12-28-32(23(18)10-21(16)20-6-8-33-15-22(20)27)25-11-24(29-17(2)30-25)31-13-19(14-31)35-26-5-3-4-7-34-26/h11-14,20,25H,3-10,15-16H2,1-2H3;9-12,19-20,22,26H,3-8,13-15H2,1-2H3. The van der Waals surface area contributed by atoms with E-state index in [9.17, 15) is 4.39 Å². The molecule has 4 aromatic heterocycles. The zero-order chi connectivity index (χ0) is 47.9. The molecule has 2 aromatic carbocycles. The quantitative estimate of drug-likeness (QED) is 0.130. The van der Waals surface area contributed by atoms with Gasteiger partial charge in [0.1, 0.15) is 35.1 Å². The van der Waals surface area contributed by atoms with E-state index in [1.54, 1.807) is 4.68 Å². The molecule has 10 heterocycles. The monoisotopic (exact) mass is 962 g/mol. The normalized spacial score (nSPS) is 24.3. The molecule has 4 unspecified atom stereocenters. The van der Waals surface area contributed by atoms with Gasteiger partial charge in [-0.05, 0) is 119 Å². The van der Waals surface area contributed by atoms with Gasteiger partial charge in [-0.3, -0.25) is 0 Å². The van der Waals surface area contributed by atoms with E-state index in [-0.39, 0.29) is 37.3 Å². The summed E-state index contributed by atoms with van der Waals surface area (Å²) in [5.74, 6) is 4.28. The first-order chi connectivity index (χ1) is 34.0. The van der Waals surface area contributed by atoms with Gasteiger partial charge in [-0.15, -0.1) is 0 Å². The molecule has 6 fully saturated rings. The number of alkyl halides is 2. The summed E-state index contributed by atoms with van der Waals surface area (Å²) in [4.78, 5) is 23.0. The molecule has 6 aliphatic heterocycles. The van der Waals surface area contributed by atoms with Crippen LogP contribution in [0.5, 0.6) is 0 Å². The Bertz CT molecular complexity index is 2800. The molecule has 0 N–H and O–H groups in total. The molecule has 18 heteroatoms. The minimum absolute atomic E-state index is 0.0775. The third-order valence-corrected chi connectivity index (χ3v) is 14.7. The van der Waals surface area contributed by atoms with Gasteiger partial charge < -0.3 is 38.2 Å². The molecule has 12 rings (SSSR count). The Balaban J connectivity index is 0.000000152. The second-order valence-electron chi connectivity index (χ2n) is 19.9. The second kappa shape index (κ2) is 20.1. The molecule has 16 nitrogen and oxygen atoms in total. The number of anilines is 2. The molecule has 0 radical (unpaired) electrons. The van der Waals surface area contributed by atoms with Crippen LogP contribution in [0.2, 0.25) is 0 Å². The topological polar surface area (TPSA) is 149 Å². The Hall–Kier alpha value is -5.24. The van der Waals surface area contributed by atoms with Crippen molar-refractivity contribution in [2.45, 2.75) is 128 Å². The number of rotatable bonds is 10. The minimum Gasteiger partial charge on any atom is -0.381 e. The lowest BCUT2D eigenvalue weighted by Gasteiger charge is -2.41. The Kier molecular flexibility index (Phi) is 13.5. The van der Waals surface area contributed by atoms with Crippen LogP contribution >= 0.6 is 0 Å². The summed E-state index contributed by atoms with van der Waals surface area (Å²) in [6.07, 6.45) is 10.7. The van der Waals surface area contributed by atoms with Crippen molar-refractivity contribution >= 4 is 33.4 Å². The SMILES string of the molecule is Cc1nc(N2CC(OC3CCCCO3)C2)cc(-n2ncc3cc(C)c(C4(F)CCOCC4)cc32)n1.Cc1nc(N2CC(OC3CCCCO3)C2)cc(-n2ncc3cc(C)c(C4CCOCC4F)cc32)n1. The minimum atomic E-state index is -1.38. The third-order valence-electron chi connectivity index (χ3n) is 14.7. The van der Waals surface area contributed by atoms with E-state index >= 15 is 4.39 Å². The maximum atomic E-state index is 15.9. The first-order valence-electron chi connectivity index (χ1n) is 25.3. The Morgan fingerprint density at radius 2 is 1.11 bits per heavy atom. The average Bonchev–Trinajstić information content (AvgIpc) is 3.95. The van der Waals surface area contributed by atoms with E-state index in [1.165, 1.54) is 0 Å². The van der Waals surface area contributed by atoms with Crippen molar-refractivity contribution in [1.82, 2.24) is 39.5 Å². The van der Waals surface area contributed by atoms with Crippen LogP contribution in [-0.4, -0.2) is 136 Å². The van der Waals surface area contributed by atoms with Crippen molar-refractivity contribution < 1.29 is 37.2 Å². The Morgan fingerprint density at radius 3 is 1.64 bits per heavy atom. The zero-order valence-corrected chi connectivity index (χ0v) is 40.7. The number of benzene rings is 2. The molecule has 6 aliphatic rings. The summed E-state index contributed by atoms with van der Waals surface area (Å²) in [7, 11) is 0. The van der Waals surface area contributed by atoms with Crippen molar-refractivity contribution in [3.8, 4) is 11.6 Å². The van der Waals surface area contributed by atoms with Crippen LogP contribution in [0.1, 0.15) is 97.6 Å². The van der Waals surface area contributed by atoms with E-state index in [1.807, 2.05) is 69.0 Å². The van der Waals surface area contributed by atoms with Gasteiger partial charge in [-0.25, -0.2) is 38.1 Å². The van der Waals surface area contributed by atoms with Gasteiger partial charge in [0, 0.05) is 101 Å². The molecule has 0 bridgehead atoms. The number of aryl methyl sites for hydroxylation is 4. The summed E-state index contributed by atoms with van der Waals surface area (Å²) in [5, 5.41) is 11.2. The largest absolute Gasteiger partial charge is 0.381 e. The molecule has 372 valence electrons. The van der Waals surface area contributed by atoms with E-state index in [2.05, 4.69) is 52.1 Å². The van der Waals surface area contributed by atoms with Gasteiger partial charge >= 0.3 is 0 Å². The molecule has 0 amide bonds. The summed E-state index contributed by atoms with van der Waals surface area (Å²) in [6.45, 7) is 14.1. The van der Waals surface area contributed by atoms with Gasteiger partial charge in [0.15, 0.2) is 24.2 Å². The maximum Gasteiger partial charge on any atom is 0.159 e. The number of hydrogen-bond acceptors (Lipinski definition) is 14. The van der Waals surface area contributed by atoms with Crippen LogP contribution in [0.25, 0.3) is 33.4 Å².